The minimum absolute atomic E-state index is 0.0692. The summed E-state index contributed by atoms with van der Waals surface area (Å²) in [6, 6.07) is -0.544. The molecule has 0 saturated carbocycles. The molecule has 1 amide bonds. The highest BCUT2D eigenvalue weighted by molar-refractivity contribution is 5.84. The number of rotatable bonds is 16. The predicted octanol–water partition coefficient (Wildman–Crippen LogP) is 5.15. The lowest BCUT2D eigenvalue weighted by molar-refractivity contribution is -0.147. The summed E-state index contributed by atoms with van der Waals surface area (Å²) in [4.78, 5) is 23.3. The van der Waals surface area contributed by atoms with Gasteiger partial charge in [0.25, 0.3) is 0 Å². The smallest absolute Gasteiger partial charge is 0.328 e. The fraction of sp³-hybridized carbons (Fsp3) is 0.900. The molecule has 0 radical (unpaired) electrons. The SMILES string of the molecule is CCCCCCCCCCCCOC(=O)[C@H](C)NC(=O)CCCC. The van der Waals surface area contributed by atoms with Crippen LogP contribution in [0.2, 0.25) is 0 Å². The number of esters is 1. The van der Waals surface area contributed by atoms with E-state index in [9.17, 15) is 9.59 Å². The molecule has 0 saturated heterocycles. The summed E-state index contributed by atoms with van der Waals surface area (Å²) in [5.74, 6) is -0.393. The van der Waals surface area contributed by atoms with Crippen LogP contribution in [0.1, 0.15) is 104 Å². The molecule has 142 valence electrons. The Morgan fingerprint density at radius 1 is 0.792 bits per heavy atom. The van der Waals surface area contributed by atoms with Crippen molar-refractivity contribution in [3.8, 4) is 0 Å². The Labute approximate surface area is 149 Å². The summed E-state index contributed by atoms with van der Waals surface area (Å²) < 4.78 is 5.23. The number of ether oxygens (including phenoxy) is 1. The van der Waals surface area contributed by atoms with Gasteiger partial charge in [-0.25, -0.2) is 4.79 Å². The second kappa shape index (κ2) is 16.8. The van der Waals surface area contributed by atoms with Crippen molar-refractivity contribution < 1.29 is 14.3 Å². The lowest BCUT2D eigenvalue weighted by Gasteiger charge is -2.13. The first-order chi connectivity index (χ1) is 11.6. The monoisotopic (exact) mass is 341 g/mol. The molecule has 0 aliphatic heterocycles. The fourth-order valence-electron chi connectivity index (χ4n) is 2.60. The Morgan fingerprint density at radius 2 is 1.29 bits per heavy atom. The van der Waals surface area contributed by atoms with Gasteiger partial charge in [-0.2, -0.15) is 0 Å². The van der Waals surface area contributed by atoms with Crippen molar-refractivity contribution in [2.45, 2.75) is 110 Å². The molecule has 0 aromatic rings. The fourth-order valence-corrected chi connectivity index (χ4v) is 2.60. The highest BCUT2D eigenvalue weighted by Crippen LogP contribution is 2.10. The molecule has 0 bridgehead atoms. The second-order valence-corrected chi connectivity index (χ2v) is 6.74. The van der Waals surface area contributed by atoms with Gasteiger partial charge in [0, 0.05) is 6.42 Å². The zero-order valence-corrected chi connectivity index (χ0v) is 16.2. The molecule has 0 unspecified atom stereocenters. The van der Waals surface area contributed by atoms with Crippen molar-refractivity contribution in [1.29, 1.82) is 0 Å². The van der Waals surface area contributed by atoms with E-state index in [-0.39, 0.29) is 11.9 Å². The van der Waals surface area contributed by atoms with E-state index in [4.69, 9.17) is 4.74 Å². The average Bonchev–Trinajstić information content (AvgIpc) is 2.57. The summed E-state index contributed by atoms with van der Waals surface area (Å²) in [6.07, 6.45) is 14.9. The molecule has 1 N–H and O–H groups in total. The van der Waals surface area contributed by atoms with Crippen molar-refractivity contribution in [1.82, 2.24) is 5.32 Å². The van der Waals surface area contributed by atoms with Gasteiger partial charge in [0.15, 0.2) is 0 Å². The molecule has 0 aromatic heterocycles. The van der Waals surface area contributed by atoms with E-state index in [1.54, 1.807) is 6.92 Å². The third-order valence-corrected chi connectivity index (χ3v) is 4.23. The van der Waals surface area contributed by atoms with E-state index in [0.29, 0.717) is 13.0 Å². The molecule has 24 heavy (non-hydrogen) atoms. The lowest BCUT2D eigenvalue weighted by Crippen LogP contribution is -2.39. The topological polar surface area (TPSA) is 55.4 Å². The number of nitrogens with one attached hydrogen (secondary N) is 1. The maximum Gasteiger partial charge on any atom is 0.328 e. The number of hydrogen-bond donors (Lipinski definition) is 1. The third-order valence-electron chi connectivity index (χ3n) is 4.23. The predicted molar refractivity (Wildman–Crippen MR) is 99.9 cm³/mol. The van der Waals surface area contributed by atoms with Crippen LogP contribution in [0.3, 0.4) is 0 Å². The van der Waals surface area contributed by atoms with Gasteiger partial charge in [0.1, 0.15) is 6.04 Å². The summed E-state index contributed by atoms with van der Waals surface area (Å²) >= 11 is 0. The van der Waals surface area contributed by atoms with E-state index in [2.05, 4.69) is 12.2 Å². The number of carbonyl (C=O) groups excluding carboxylic acids is 2. The minimum Gasteiger partial charge on any atom is -0.464 e. The van der Waals surface area contributed by atoms with Gasteiger partial charge < -0.3 is 10.1 Å². The molecule has 0 rings (SSSR count). The third kappa shape index (κ3) is 14.5. The Morgan fingerprint density at radius 3 is 1.83 bits per heavy atom. The van der Waals surface area contributed by atoms with Crippen LogP contribution in [0.25, 0.3) is 0 Å². The van der Waals surface area contributed by atoms with Crippen LogP contribution in [0, 0.1) is 0 Å². The maximum absolute atomic E-state index is 11.8. The molecule has 0 aromatic carbocycles. The zero-order chi connectivity index (χ0) is 18.0. The van der Waals surface area contributed by atoms with E-state index < -0.39 is 6.04 Å². The maximum atomic E-state index is 11.8. The number of carbonyl (C=O) groups is 2. The summed E-state index contributed by atoms with van der Waals surface area (Å²) in [6.45, 7) is 6.43. The van der Waals surface area contributed by atoms with Gasteiger partial charge in [0.2, 0.25) is 5.91 Å². The van der Waals surface area contributed by atoms with Crippen LogP contribution in [-0.2, 0) is 14.3 Å². The standard InChI is InChI=1S/C20H39NO3/c1-4-6-8-9-10-11-12-13-14-15-17-24-20(23)18(3)21-19(22)16-7-5-2/h18H,4-17H2,1-3H3,(H,21,22)/t18-/m0/s1. The van der Waals surface area contributed by atoms with Gasteiger partial charge in [-0.1, -0.05) is 78.1 Å². The Hall–Kier alpha value is -1.06. The van der Waals surface area contributed by atoms with Crippen molar-refractivity contribution in [2.24, 2.45) is 0 Å². The van der Waals surface area contributed by atoms with Gasteiger partial charge >= 0.3 is 5.97 Å². The van der Waals surface area contributed by atoms with Crippen LogP contribution in [-0.4, -0.2) is 24.5 Å². The molecular formula is C20H39NO3. The molecule has 1 atom stereocenters. The summed E-state index contributed by atoms with van der Waals surface area (Å²) in [5.41, 5.74) is 0. The van der Waals surface area contributed by atoms with E-state index >= 15 is 0 Å². The lowest BCUT2D eigenvalue weighted by atomic mass is 10.1. The van der Waals surface area contributed by atoms with Crippen LogP contribution >= 0.6 is 0 Å². The molecule has 0 heterocycles. The van der Waals surface area contributed by atoms with Crippen molar-refractivity contribution in [2.75, 3.05) is 6.61 Å². The zero-order valence-electron chi connectivity index (χ0n) is 16.2. The van der Waals surface area contributed by atoms with Crippen LogP contribution in [0.4, 0.5) is 0 Å². The first-order valence-corrected chi connectivity index (χ1v) is 10.1. The Bertz CT molecular complexity index is 318. The number of hydrogen-bond acceptors (Lipinski definition) is 3. The van der Waals surface area contributed by atoms with Crippen molar-refractivity contribution in [3.05, 3.63) is 0 Å². The quantitative estimate of drug-likeness (QED) is 0.312. The Kier molecular flexibility index (Phi) is 16.0. The van der Waals surface area contributed by atoms with Crippen LogP contribution in [0.5, 0.6) is 0 Å². The first-order valence-electron chi connectivity index (χ1n) is 10.1. The van der Waals surface area contributed by atoms with Gasteiger partial charge in [-0.15, -0.1) is 0 Å². The molecule has 4 heteroatoms. The summed E-state index contributed by atoms with van der Waals surface area (Å²) in [5, 5.41) is 2.69. The van der Waals surface area contributed by atoms with Crippen LogP contribution < -0.4 is 5.32 Å². The second-order valence-electron chi connectivity index (χ2n) is 6.74. The minimum atomic E-state index is -0.544. The van der Waals surface area contributed by atoms with E-state index in [1.165, 1.54) is 51.4 Å². The number of amides is 1. The molecule has 0 aliphatic carbocycles. The molecule has 0 aliphatic rings. The Balaban J connectivity index is 3.43. The van der Waals surface area contributed by atoms with Gasteiger partial charge in [-0.05, 0) is 19.8 Å². The molecule has 4 nitrogen and oxygen atoms in total. The van der Waals surface area contributed by atoms with E-state index in [0.717, 1.165) is 25.7 Å². The normalized spacial score (nSPS) is 12.0. The summed E-state index contributed by atoms with van der Waals surface area (Å²) in [7, 11) is 0. The highest BCUT2D eigenvalue weighted by Gasteiger charge is 2.16. The number of unbranched alkanes of at least 4 members (excludes halogenated alkanes) is 10. The highest BCUT2D eigenvalue weighted by atomic mass is 16.5. The first kappa shape index (κ1) is 22.9. The van der Waals surface area contributed by atoms with E-state index in [1.807, 2.05) is 6.92 Å². The largest absolute Gasteiger partial charge is 0.464 e. The van der Waals surface area contributed by atoms with Gasteiger partial charge in [0.05, 0.1) is 6.61 Å². The van der Waals surface area contributed by atoms with Gasteiger partial charge in [-0.3, -0.25) is 4.79 Å². The van der Waals surface area contributed by atoms with Crippen molar-refractivity contribution >= 4 is 11.9 Å². The molecular weight excluding hydrogens is 302 g/mol. The molecule has 0 fully saturated rings. The average molecular weight is 342 g/mol. The van der Waals surface area contributed by atoms with Crippen LogP contribution in [0.15, 0.2) is 0 Å². The van der Waals surface area contributed by atoms with Crippen molar-refractivity contribution in [3.63, 3.8) is 0 Å². The molecule has 0 spiro atoms.